The second-order valence-electron chi connectivity index (χ2n) is 6.63. The van der Waals surface area contributed by atoms with Gasteiger partial charge in [-0.1, -0.05) is 24.6 Å². The number of carbonyl (C=O) groups is 3. The number of imide groups is 1. The molecule has 7 heteroatoms. The average molecular weight is 374 g/mol. The SMILES string of the molecule is CC(=O)CSc1nc2ccc(N3C(=O)[C@@H]4CCCC[C@H]4C3=O)cc2s1. The van der Waals surface area contributed by atoms with Gasteiger partial charge in [-0.2, -0.15) is 0 Å². The molecule has 2 amide bonds. The van der Waals surface area contributed by atoms with Crippen molar-refractivity contribution in [2.45, 2.75) is 36.9 Å². The zero-order valence-corrected chi connectivity index (χ0v) is 15.5. The van der Waals surface area contributed by atoms with Crippen LogP contribution in [0.15, 0.2) is 22.5 Å². The summed E-state index contributed by atoms with van der Waals surface area (Å²) in [5.74, 6) is 0.134. The molecule has 130 valence electrons. The lowest BCUT2D eigenvalue weighted by Gasteiger charge is -2.19. The average Bonchev–Trinajstić information content (AvgIpc) is 3.12. The van der Waals surface area contributed by atoms with E-state index in [1.165, 1.54) is 28.0 Å². The maximum atomic E-state index is 12.7. The number of fused-ring (bicyclic) bond motifs is 2. The van der Waals surface area contributed by atoms with Crippen molar-refractivity contribution in [2.75, 3.05) is 10.7 Å². The Morgan fingerprint density at radius 1 is 1.24 bits per heavy atom. The molecule has 0 spiro atoms. The van der Waals surface area contributed by atoms with Crippen molar-refractivity contribution in [3.63, 3.8) is 0 Å². The van der Waals surface area contributed by atoms with Crippen molar-refractivity contribution in [3.05, 3.63) is 18.2 Å². The smallest absolute Gasteiger partial charge is 0.237 e. The van der Waals surface area contributed by atoms with Gasteiger partial charge in [0, 0.05) is 0 Å². The van der Waals surface area contributed by atoms with Crippen LogP contribution in [0.4, 0.5) is 5.69 Å². The first-order valence-electron chi connectivity index (χ1n) is 8.45. The number of benzene rings is 1. The Morgan fingerprint density at radius 2 is 1.92 bits per heavy atom. The third-order valence-corrected chi connectivity index (χ3v) is 7.16. The molecule has 4 rings (SSSR count). The van der Waals surface area contributed by atoms with Crippen LogP contribution in [0.25, 0.3) is 10.2 Å². The van der Waals surface area contributed by atoms with Crippen molar-refractivity contribution in [2.24, 2.45) is 11.8 Å². The van der Waals surface area contributed by atoms with Gasteiger partial charge in [0.05, 0.1) is 33.5 Å². The molecule has 1 aromatic heterocycles. The summed E-state index contributed by atoms with van der Waals surface area (Å²) in [5, 5.41) is 0. The van der Waals surface area contributed by atoms with Crippen molar-refractivity contribution in [1.29, 1.82) is 0 Å². The minimum absolute atomic E-state index is 0.0512. The Hall–Kier alpha value is -1.73. The van der Waals surface area contributed by atoms with E-state index in [1.807, 2.05) is 12.1 Å². The highest BCUT2D eigenvalue weighted by Crippen LogP contribution is 2.41. The van der Waals surface area contributed by atoms with Gasteiger partial charge >= 0.3 is 0 Å². The number of aromatic nitrogens is 1. The second kappa shape index (κ2) is 6.53. The molecule has 0 N–H and O–H groups in total. The Kier molecular flexibility index (Phi) is 4.37. The number of ketones is 1. The van der Waals surface area contributed by atoms with E-state index in [-0.39, 0.29) is 29.4 Å². The van der Waals surface area contributed by atoms with Gasteiger partial charge in [-0.15, -0.1) is 11.3 Å². The molecular weight excluding hydrogens is 356 g/mol. The largest absolute Gasteiger partial charge is 0.299 e. The number of amides is 2. The van der Waals surface area contributed by atoms with Crippen LogP contribution in [0.5, 0.6) is 0 Å². The van der Waals surface area contributed by atoms with Gasteiger partial charge in [-0.05, 0) is 38.0 Å². The van der Waals surface area contributed by atoms with Gasteiger partial charge in [0.25, 0.3) is 0 Å². The Labute approximate surface area is 153 Å². The maximum Gasteiger partial charge on any atom is 0.237 e. The molecule has 0 bridgehead atoms. The summed E-state index contributed by atoms with van der Waals surface area (Å²) in [6, 6.07) is 5.52. The number of Topliss-reactive ketones (excluding diaryl/α,β-unsaturated/α-hetero) is 1. The lowest BCUT2D eigenvalue weighted by Crippen LogP contribution is -2.30. The van der Waals surface area contributed by atoms with Crippen LogP contribution in [0.1, 0.15) is 32.6 Å². The topological polar surface area (TPSA) is 67.3 Å². The number of rotatable bonds is 4. The fraction of sp³-hybridized carbons (Fsp3) is 0.444. The standard InChI is InChI=1S/C18H18N2O3S2/c1-10(21)9-24-18-19-14-7-6-11(8-15(14)25-18)20-16(22)12-4-2-3-5-13(12)17(20)23/h6-8,12-13H,2-5,9H2,1H3/t12-,13-/m1/s1. The van der Waals surface area contributed by atoms with Gasteiger partial charge in [0.2, 0.25) is 11.8 Å². The van der Waals surface area contributed by atoms with Crippen LogP contribution in [0.2, 0.25) is 0 Å². The van der Waals surface area contributed by atoms with E-state index in [2.05, 4.69) is 4.98 Å². The number of hydrogen-bond donors (Lipinski definition) is 0. The molecule has 2 aliphatic rings. The molecule has 0 radical (unpaired) electrons. The molecule has 5 nitrogen and oxygen atoms in total. The highest BCUT2D eigenvalue weighted by molar-refractivity contribution is 8.01. The molecule has 2 heterocycles. The second-order valence-corrected chi connectivity index (χ2v) is 8.88. The van der Waals surface area contributed by atoms with E-state index in [0.717, 1.165) is 40.2 Å². The summed E-state index contributed by atoms with van der Waals surface area (Å²) < 4.78 is 1.76. The lowest BCUT2D eigenvalue weighted by molar-refractivity contribution is -0.122. The predicted octanol–water partition coefficient (Wildman–Crippen LogP) is 3.66. The molecule has 0 unspecified atom stereocenters. The Bertz CT molecular complexity index is 852. The number of carbonyl (C=O) groups excluding carboxylic acids is 3. The van der Waals surface area contributed by atoms with Crippen LogP contribution in [-0.4, -0.2) is 28.3 Å². The fourth-order valence-electron chi connectivity index (χ4n) is 3.67. The molecule has 1 aliphatic heterocycles. The number of thioether (sulfide) groups is 1. The molecule has 1 saturated heterocycles. The quantitative estimate of drug-likeness (QED) is 0.603. The fourth-order valence-corrected chi connectivity index (χ4v) is 5.57. The van der Waals surface area contributed by atoms with E-state index in [4.69, 9.17) is 0 Å². The third-order valence-electron chi connectivity index (χ3n) is 4.85. The summed E-state index contributed by atoms with van der Waals surface area (Å²) in [4.78, 5) is 42.5. The molecular formula is C18H18N2O3S2. The molecule has 25 heavy (non-hydrogen) atoms. The highest BCUT2D eigenvalue weighted by Gasteiger charge is 2.48. The normalized spacial score (nSPS) is 23.3. The van der Waals surface area contributed by atoms with Crippen molar-refractivity contribution < 1.29 is 14.4 Å². The van der Waals surface area contributed by atoms with E-state index in [0.29, 0.717) is 11.4 Å². The minimum Gasteiger partial charge on any atom is -0.299 e. The van der Waals surface area contributed by atoms with E-state index in [1.54, 1.807) is 13.0 Å². The van der Waals surface area contributed by atoms with E-state index < -0.39 is 0 Å². The number of anilines is 1. The first-order valence-corrected chi connectivity index (χ1v) is 10.3. The van der Waals surface area contributed by atoms with E-state index in [9.17, 15) is 14.4 Å². The third kappa shape index (κ3) is 3.00. The molecule has 1 aliphatic carbocycles. The molecule has 1 aromatic carbocycles. The zero-order valence-electron chi connectivity index (χ0n) is 13.9. The molecule has 2 aromatic rings. The van der Waals surface area contributed by atoms with Crippen LogP contribution in [0, 0.1) is 11.8 Å². The lowest BCUT2D eigenvalue weighted by atomic mass is 9.81. The first kappa shape index (κ1) is 16.7. The molecule has 2 fully saturated rings. The Morgan fingerprint density at radius 3 is 2.56 bits per heavy atom. The summed E-state index contributed by atoms with van der Waals surface area (Å²) >= 11 is 2.91. The number of nitrogens with zero attached hydrogens (tertiary/aromatic N) is 2. The van der Waals surface area contributed by atoms with Crippen LogP contribution in [-0.2, 0) is 14.4 Å². The van der Waals surface area contributed by atoms with Crippen molar-refractivity contribution in [1.82, 2.24) is 4.98 Å². The van der Waals surface area contributed by atoms with Crippen LogP contribution >= 0.6 is 23.1 Å². The van der Waals surface area contributed by atoms with Gasteiger partial charge in [-0.3, -0.25) is 19.3 Å². The summed E-state index contributed by atoms with van der Waals surface area (Å²) in [5.41, 5.74) is 1.47. The van der Waals surface area contributed by atoms with Crippen molar-refractivity contribution in [3.8, 4) is 0 Å². The zero-order chi connectivity index (χ0) is 17.6. The van der Waals surface area contributed by atoms with Gasteiger partial charge in [0.15, 0.2) is 4.34 Å². The van der Waals surface area contributed by atoms with Crippen molar-refractivity contribution >= 4 is 56.6 Å². The Balaban J connectivity index is 1.64. The maximum absolute atomic E-state index is 12.7. The monoisotopic (exact) mass is 374 g/mol. The number of thiazole rings is 1. The van der Waals surface area contributed by atoms with Gasteiger partial charge in [0.1, 0.15) is 5.78 Å². The summed E-state index contributed by atoms with van der Waals surface area (Å²) in [6.45, 7) is 1.56. The number of hydrogen-bond acceptors (Lipinski definition) is 6. The molecule has 2 atom stereocenters. The summed E-state index contributed by atoms with van der Waals surface area (Å²) in [6.07, 6.45) is 3.69. The minimum atomic E-state index is -0.139. The van der Waals surface area contributed by atoms with Crippen LogP contribution < -0.4 is 4.90 Å². The first-order chi connectivity index (χ1) is 12.0. The van der Waals surface area contributed by atoms with Gasteiger partial charge < -0.3 is 0 Å². The highest BCUT2D eigenvalue weighted by atomic mass is 32.2. The predicted molar refractivity (Wildman–Crippen MR) is 99.0 cm³/mol. The van der Waals surface area contributed by atoms with E-state index >= 15 is 0 Å². The van der Waals surface area contributed by atoms with Crippen LogP contribution in [0.3, 0.4) is 0 Å². The molecule has 1 saturated carbocycles. The van der Waals surface area contributed by atoms with Gasteiger partial charge in [-0.25, -0.2) is 4.98 Å². The summed E-state index contributed by atoms with van der Waals surface area (Å²) in [7, 11) is 0.